The number of likely N-dealkylation sites (tertiary alicyclic amines) is 1. The van der Waals surface area contributed by atoms with E-state index < -0.39 is 0 Å². The molecule has 3 N–H and O–H groups in total. The molecule has 0 bridgehead atoms. The van der Waals surface area contributed by atoms with Gasteiger partial charge in [-0.3, -0.25) is 14.6 Å². The number of rotatable bonds is 6. The minimum atomic E-state index is -0.174. The van der Waals surface area contributed by atoms with Gasteiger partial charge < -0.3 is 16.0 Å². The molecule has 1 aromatic heterocycles. The number of nitrogens with two attached hydrogens (primary N) is 1. The minimum Gasteiger partial charge on any atom is -0.369 e. The van der Waals surface area contributed by atoms with E-state index in [0.29, 0.717) is 5.56 Å². The summed E-state index contributed by atoms with van der Waals surface area (Å²) in [5.41, 5.74) is 10.8. The fourth-order valence-corrected chi connectivity index (χ4v) is 4.34. The number of benzene rings is 2. The third-order valence-electron chi connectivity index (χ3n) is 6.26. The topological polar surface area (TPSA) is 88.3 Å². The van der Waals surface area contributed by atoms with E-state index in [4.69, 9.17) is 5.73 Å². The molecule has 6 nitrogen and oxygen atoms in total. The molecule has 2 amide bonds. The van der Waals surface area contributed by atoms with Gasteiger partial charge in [-0.15, -0.1) is 0 Å². The number of carbonyl (C=O) groups is 2. The van der Waals surface area contributed by atoms with Gasteiger partial charge in [0.2, 0.25) is 5.91 Å². The molecule has 2 heterocycles. The van der Waals surface area contributed by atoms with Gasteiger partial charge in [0.15, 0.2) is 0 Å². The smallest absolute Gasteiger partial charge is 0.256 e. The van der Waals surface area contributed by atoms with Gasteiger partial charge in [-0.25, -0.2) is 0 Å². The molecule has 0 atom stereocenters. The predicted octanol–water partition coefficient (Wildman–Crippen LogP) is 3.84. The number of hydrogen-bond acceptors (Lipinski definition) is 4. The van der Waals surface area contributed by atoms with Crippen LogP contribution < -0.4 is 11.1 Å². The highest BCUT2D eigenvalue weighted by Gasteiger charge is 2.22. The van der Waals surface area contributed by atoms with Gasteiger partial charge >= 0.3 is 0 Å². The maximum atomic E-state index is 13.0. The summed E-state index contributed by atoms with van der Waals surface area (Å²) >= 11 is 0. The van der Waals surface area contributed by atoms with E-state index in [1.165, 1.54) is 5.56 Å². The first-order chi connectivity index (χ1) is 15.4. The Morgan fingerprint density at radius 3 is 2.47 bits per heavy atom. The van der Waals surface area contributed by atoms with E-state index in [1.807, 2.05) is 50.2 Å². The normalized spacial score (nSPS) is 15.1. The SMILES string of the molecule is Cc1ccc2nc(C)cc(C(=O)Nc3ccc(CCN4CCC(C(N)=O)CC4)cc3)c2c1. The van der Waals surface area contributed by atoms with Crippen molar-refractivity contribution >= 4 is 28.4 Å². The highest BCUT2D eigenvalue weighted by atomic mass is 16.2. The number of fused-ring (bicyclic) bond motifs is 1. The Morgan fingerprint density at radius 1 is 1.06 bits per heavy atom. The maximum absolute atomic E-state index is 13.0. The number of hydrogen-bond donors (Lipinski definition) is 2. The lowest BCUT2D eigenvalue weighted by Gasteiger charge is -2.30. The number of anilines is 1. The summed E-state index contributed by atoms with van der Waals surface area (Å²) < 4.78 is 0. The largest absolute Gasteiger partial charge is 0.369 e. The van der Waals surface area contributed by atoms with Crippen LogP contribution in [-0.2, 0) is 11.2 Å². The Bertz CT molecular complexity index is 1130. The number of pyridine rings is 1. The average molecular weight is 431 g/mol. The molecule has 1 saturated heterocycles. The monoisotopic (exact) mass is 430 g/mol. The highest BCUT2D eigenvalue weighted by molar-refractivity contribution is 6.12. The van der Waals surface area contributed by atoms with Crippen molar-refractivity contribution in [2.45, 2.75) is 33.1 Å². The lowest BCUT2D eigenvalue weighted by Crippen LogP contribution is -2.39. The van der Waals surface area contributed by atoms with Crippen LogP contribution >= 0.6 is 0 Å². The van der Waals surface area contributed by atoms with Crippen LogP contribution in [0.4, 0.5) is 5.69 Å². The molecule has 166 valence electrons. The van der Waals surface area contributed by atoms with Crippen LogP contribution in [0.2, 0.25) is 0 Å². The van der Waals surface area contributed by atoms with Crippen molar-refractivity contribution in [1.29, 1.82) is 0 Å². The third kappa shape index (κ3) is 5.14. The molecule has 32 heavy (non-hydrogen) atoms. The Hall–Kier alpha value is -3.25. The quantitative estimate of drug-likeness (QED) is 0.622. The molecule has 4 rings (SSSR count). The van der Waals surface area contributed by atoms with Crippen LogP contribution in [0.25, 0.3) is 10.9 Å². The zero-order valence-corrected chi connectivity index (χ0v) is 18.7. The Morgan fingerprint density at radius 2 is 1.78 bits per heavy atom. The van der Waals surface area contributed by atoms with Gasteiger partial charge in [-0.1, -0.05) is 23.8 Å². The van der Waals surface area contributed by atoms with Crippen molar-refractivity contribution in [2.24, 2.45) is 11.7 Å². The van der Waals surface area contributed by atoms with Crippen LogP contribution in [0.5, 0.6) is 0 Å². The summed E-state index contributed by atoms with van der Waals surface area (Å²) in [6.45, 7) is 6.71. The number of aromatic nitrogens is 1. The van der Waals surface area contributed by atoms with E-state index in [1.54, 1.807) is 0 Å². The summed E-state index contributed by atoms with van der Waals surface area (Å²) in [4.78, 5) is 31.2. The number of amides is 2. The molecule has 0 unspecified atom stereocenters. The summed E-state index contributed by atoms with van der Waals surface area (Å²) in [6, 6.07) is 15.8. The summed E-state index contributed by atoms with van der Waals surface area (Å²) in [7, 11) is 0. The molecule has 1 aliphatic rings. The molecule has 2 aromatic carbocycles. The van der Waals surface area contributed by atoms with Crippen LogP contribution in [0, 0.1) is 19.8 Å². The molecule has 0 spiro atoms. The Balaban J connectivity index is 1.37. The highest BCUT2D eigenvalue weighted by Crippen LogP contribution is 2.22. The average Bonchev–Trinajstić information content (AvgIpc) is 2.78. The van der Waals surface area contributed by atoms with Crippen molar-refractivity contribution in [3.63, 3.8) is 0 Å². The molecule has 1 fully saturated rings. The van der Waals surface area contributed by atoms with Gasteiger partial charge in [-0.2, -0.15) is 0 Å². The number of aryl methyl sites for hydroxylation is 2. The third-order valence-corrected chi connectivity index (χ3v) is 6.26. The van der Waals surface area contributed by atoms with E-state index in [9.17, 15) is 9.59 Å². The second-order valence-corrected chi connectivity index (χ2v) is 8.75. The molecule has 1 aliphatic heterocycles. The Labute approximate surface area is 188 Å². The van der Waals surface area contributed by atoms with Crippen LogP contribution in [0.1, 0.15) is 40.0 Å². The number of carbonyl (C=O) groups excluding carboxylic acids is 2. The fourth-order valence-electron chi connectivity index (χ4n) is 4.34. The maximum Gasteiger partial charge on any atom is 0.256 e. The number of nitrogens with zero attached hydrogens (tertiary/aromatic N) is 2. The first-order valence-electron chi connectivity index (χ1n) is 11.2. The van der Waals surface area contributed by atoms with Gasteiger partial charge in [-0.05, 0) is 82.1 Å². The predicted molar refractivity (Wildman–Crippen MR) is 128 cm³/mol. The minimum absolute atomic E-state index is 0.0272. The zero-order valence-electron chi connectivity index (χ0n) is 18.7. The number of piperidine rings is 1. The van der Waals surface area contributed by atoms with Crippen molar-refractivity contribution in [1.82, 2.24) is 9.88 Å². The van der Waals surface area contributed by atoms with Crippen LogP contribution in [0.15, 0.2) is 48.5 Å². The van der Waals surface area contributed by atoms with Crippen molar-refractivity contribution in [2.75, 3.05) is 25.0 Å². The number of primary amides is 1. The second-order valence-electron chi connectivity index (χ2n) is 8.75. The first kappa shape index (κ1) is 22.0. The summed E-state index contributed by atoms with van der Waals surface area (Å²) in [5.74, 6) is -0.275. The molecule has 0 aliphatic carbocycles. The fraction of sp³-hybridized carbons (Fsp3) is 0.346. The lowest BCUT2D eigenvalue weighted by atomic mass is 9.96. The molecule has 6 heteroatoms. The lowest BCUT2D eigenvalue weighted by molar-refractivity contribution is -0.123. The van der Waals surface area contributed by atoms with Gasteiger partial charge in [0.25, 0.3) is 5.91 Å². The molecule has 0 saturated carbocycles. The van der Waals surface area contributed by atoms with Crippen LogP contribution in [-0.4, -0.2) is 41.3 Å². The molecular formula is C26H30N4O2. The van der Waals surface area contributed by atoms with Crippen molar-refractivity contribution < 1.29 is 9.59 Å². The van der Waals surface area contributed by atoms with Gasteiger partial charge in [0.05, 0.1) is 11.1 Å². The van der Waals surface area contributed by atoms with Crippen molar-refractivity contribution in [3.05, 3.63) is 70.9 Å². The molecule has 0 radical (unpaired) electrons. The first-order valence-corrected chi connectivity index (χ1v) is 11.2. The van der Waals surface area contributed by atoms with Gasteiger partial charge in [0, 0.05) is 29.2 Å². The number of nitrogens with one attached hydrogen (secondary N) is 1. The molecule has 3 aromatic rings. The Kier molecular flexibility index (Phi) is 6.51. The summed E-state index contributed by atoms with van der Waals surface area (Å²) in [5, 5.41) is 3.89. The second kappa shape index (κ2) is 9.49. The summed E-state index contributed by atoms with van der Waals surface area (Å²) in [6.07, 6.45) is 2.63. The van der Waals surface area contributed by atoms with Crippen LogP contribution in [0.3, 0.4) is 0 Å². The van der Waals surface area contributed by atoms with E-state index in [-0.39, 0.29) is 17.7 Å². The van der Waals surface area contributed by atoms with Crippen molar-refractivity contribution in [3.8, 4) is 0 Å². The van der Waals surface area contributed by atoms with E-state index in [0.717, 1.165) is 66.7 Å². The molecular weight excluding hydrogens is 400 g/mol. The zero-order chi connectivity index (χ0) is 22.7. The standard InChI is InChI=1S/C26H30N4O2/c1-17-3-8-24-22(15-17)23(16-18(2)28-24)26(32)29-21-6-4-19(5-7-21)9-12-30-13-10-20(11-14-30)25(27)31/h3-8,15-16,20H,9-14H2,1-2H3,(H2,27,31)(H,29,32). The van der Waals surface area contributed by atoms with E-state index >= 15 is 0 Å². The van der Waals surface area contributed by atoms with E-state index in [2.05, 4.69) is 27.3 Å². The van der Waals surface area contributed by atoms with Gasteiger partial charge in [0.1, 0.15) is 0 Å².